The van der Waals surface area contributed by atoms with Crippen molar-refractivity contribution in [3.63, 3.8) is 0 Å². The van der Waals surface area contributed by atoms with Crippen molar-refractivity contribution < 1.29 is 14.4 Å². The van der Waals surface area contributed by atoms with Crippen LogP contribution < -0.4 is 9.80 Å². The largest absolute Gasteiger partial charge is 0.304 e. The SMILES string of the molecule is O=C1c2ccccc2CN1c1ccc(N2C(=O)C=CC2=O)cc1. The Hall–Kier alpha value is -3.21. The van der Waals surface area contributed by atoms with Crippen LogP contribution in [0.4, 0.5) is 11.4 Å². The molecule has 0 atom stereocenters. The Morgan fingerprint density at radius 3 is 2.00 bits per heavy atom. The molecule has 0 saturated carbocycles. The molecular weight excluding hydrogens is 292 g/mol. The van der Waals surface area contributed by atoms with Gasteiger partial charge >= 0.3 is 0 Å². The smallest absolute Gasteiger partial charge is 0.258 e. The van der Waals surface area contributed by atoms with Crippen LogP contribution in [-0.2, 0) is 16.1 Å². The first-order valence-corrected chi connectivity index (χ1v) is 7.21. The van der Waals surface area contributed by atoms with Crippen molar-refractivity contribution in [1.82, 2.24) is 0 Å². The predicted octanol–water partition coefficient (Wildman–Crippen LogP) is 2.28. The summed E-state index contributed by atoms with van der Waals surface area (Å²) in [7, 11) is 0. The monoisotopic (exact) mass is 304 g/mol. The summed E-state index contributed by atoms with van der Waals surface area (Å²) in [4.78, 5) is 38.6. The molecule has 2 aliphatic heterocycles. The van der Waals surface area contributed by atoms with E-state index < -0.39 is 0 Å². The summed E-state index contributed by atoms with van der Waals surface area (Å²) < 4.78 is 0. The highest BCUT2D eigenvalue weighted by molar-refractivity contribution is 6.28. The third-order valence-electron chi connectivity index (χ3n) is 4.05. The van der Waals surface area contributed by atoms with Gasteiger partial charge in [-0.15, -0.1) is 0 Å². The number of rotatable bonds is 2. The Kier molecular flexibility index (Phi) is 2.87. The molecule has 0 aliphatic carbocycles. The summed E-state index contributed by atoms with van der Waals surface area (Å²) in [6.07, 6.45) is 2.49. The highest BCUT2D eigenvalue weighted by Gasteiger charge is 2.29. The lowest BCUT2D eigenvalue weighted by atomic mass is 10.1. The molecule has 2 aliphatic rings. The number of carbonyl (C=O) groups is 3. The summed E-state index contributed by atoms with van der Waals surface area (Å²) in [5, 5.41) is 0. The molecule has 0 N–H and O–H groups in total. The van der Waals surface area contributed by atoms with Crippen molar-refractivity contribution in [1.29, 1.82) is 0 Å². The van der Waals surface area contributed by atoms with Gasteiger partial charge in [-0.2, -0.15) is 0 Å². The molecule has 112 valence electrons. The maximum atomic E-state index is 12.4. The first-order valence-electron chi connectivity index (χ1n) is 7.21. The van der Waals surface area contributed by atoms with Crippen LogP contribution >= 0.6 is 0 Å². The second-order valence-corrected chi connectivity index (χ2v) is 5.41. The molecule has 0 unspecified atom stereocenters. The van der Waals surface area contributed by atoms with Gasteiger partial charge in [0, 0.05) is 23.4 Å². The van der Waals surface area contributed by atoms with Crippen LogP contribution in [-0.4, -0.2) is 17.7 Å². The average molecular weight is 304 g/mol. The van der Waals surface area contributed by atoms with Gasteiger partial charge in [0.05, 0.1) is 12.2 Å². The van der Waals surface area contributed by atoms with E-state index in [-0.39, 0.29) is 17.7 Å². The van der Waals surface area contributed by atoms with E-state index in [0.717, 1.165) is 16.2 Å². The number of hydrogen-bond acceptors (Lipinski definition) is 3. The number of fused-ring (bicyclic) bond motifs is 1. The number of carbonyl (C=O) groups excluding carboxylic acids is 3. The maximum Gasteiger partial charge on any atom is 0.258 e. The second-order valence-electron chi connectivity index (χ2n) is 5.41. The lowest BCUT2D eigenvalue weighted by Gasteiger charge is -2.18. The molecule has 2 aromatic carbocycles. The van der Waals surface area contributed by atoms with E-state index in [1.165, 1.54) is 12.2 Å². The molecule has 0 aromatic heterocycles. The Morgan fingerprint density at radius 1 is 0.739 bits per heavy atom. The van der Waals surface area contributed by atoms with Gasteiger partial charge in [0.1, 0.15) is 0 Å². The molecule has 4 rings (SSSR count). The van der Waals surface area contributed by atoms with Gasteiger partial charge in [0.25, 0.3) is 17.7 Å². The zero-order valence-electron chi connectivity index (χ0n) is 12.1. The van der Waals surface area contributed by atoms with Crippen LogP contribution in [0.3, 0.4) is 0 Å². The van der Waals surface area contributed by atoms with E-state index in [2.05, 4.69) is 0 Å². The normalized spacial score (nSPS) is 16.4. The van der Waals surface area contributed by atoms with Crippen molar-refractivity contribution >= 4 is 29.1 Å². The molecule has 2 heterocycles. The minimum atomic E-state index is -0.354. The van der Waals surface area contributed by atoms with Crippen molar-refractivity contribution in [3.8, 4) is 0 Å². The fourth-order valence-corrected chi connectivity index (χ4v) is 2.90. The first-order chi connectivity index (χ1) is 11.1. The van der Waals surface area contributed by atoms with E-state index in [4.69, 9.17) is 0 Å². The van der Waals surface area contributed by atoms with Gasteiger partial charge in [-0.3, -0.25) is 14.4 Å². The van der Waals surface area contributed by atoms with Crippen LogP contribution in [0.2, 0.25) is 0 Å². The number of anilines is 2. The van der Waals surface area contributed by atoms with Crippen molar-refractivity contribution in [2.24, 2.45) is 0 Å². The van der Waals surface area contributed by atoms with E-state index in [9.17, 15) is 14.4 Å². The summed E-state index contributed by atoms with van der Waals surface area (Å²) in [5.74, 6) is -0.747. The van der Waals surface area contributed by atoms with Gasteiger partial charge in [-0.1, -0.05) is 18.2 Å². The molecule has 2 aromatic rings. The Labute approximate surface area is 132 Å². The molecule has 0 bridgehead atoms. The van der Waals surface area contributed by atoms with E-state index in [1.807, 2.05) is 24.3 Å². The number of hydrogen-bond donors (Lipinski definition) is 0. The van der Waals surface area contributed by atoms with E-state index >= 15 is 0 Å². The molecule has 5 heteroatoms. The van der Waals surface area contributed by atoms with Crippen LogP contribution in [0.1, 0.15) is 15.9 Å². The van der Waals surface area contributed by atoms with Gasteiger partial charge in [0.15, 0.2) is 0 Å². The zero-order chi connectivity index (χ0) is 16.0. The second kappa shape index (κ2) is 4.91. The fourth-order valence-electron chi connectivity index (χ4n) is 2.90. The maximum absolute atomic E-state index is 12.4. The number of benzene rings is 2. The minimum Gasteiger partial charge on any atom is -0.304 e. The van der Waals surface area contributed by atoms with E-state index in [1.54, 1.807) is 29.2 Å². The van der Waals surface area contributed by atoms with Gasteiger partial charge < -0.3 is 4.90 Å². The van der Waals surface area contributed by atoms with E-state index in [0.29, 0.717) is 17.8 Å². The number of nitrogens with zero attached hydrogens (tertiary/aromatic N) is 2. The summed E-state index contributed by atoms with van der Waals surface area (Å²) in [5.41, 5.74) is 2.95. The third-order valence-corrected chi connectivity index (χ3v) is 4.05. The van der Waals surface area contributed by atoms with Crippen molar-refractivity contribution in [3.05, 3.63) is 71.8 Å². The number of amides is 3. The third kappa shape index (κ3) is 2.05. The van der Waals surface area contributed by atoms with Crippen LogP contribution in [0, 0.1) is 0 Å². The molecule has 0 fully saturated rings. The van der Waals surface area contributed by atoms with Crippen LogP contribution in [0.5, 0.6) is 0 Å². The van der Waals surface area contributed by atoms with Crippen LogP contribution in [0.15, 0.2) is 60.7 Å². The fraction of sp³-hybridized carbons (Fsp3) is 0.0556. The van der Waals surface area contributed by atoms with Crippen LogP contribution in [0.25, 0.3) is 0 Å². The molecular formula is C18H12N2O3. The summed E-state index contributed by atoms with van der Waals surface area (Å²) in [6, 6.07) is 14.4. The summed E-state index contributed by atoms with van der Waals surface area (Å²) in [6.45, 7) is 0.525. The van der Waals surface area contributed by atoms with Gasteiger partial charge in [0.2, 0.25) is 0 Å². The lowest BCUT2D eigenvalue weighted by Crippen LogP contribution is -2.29. The first kappa shape index (κ1) is 13.5. The molecule has 0 saturated heterocycles. The highest BCUT2D eigenvalue weighted by Crippen LogP contribution is 2.30. The Bertz CT molecular complexity index is 850. The zero-order valence-corrected chi connectivity index (χ0v) is 12.1. The Morgan fingerprint density at radius 2 is 1.35 bits per heavy atom. The minimum absolute atomic E-state index is 0.0386. The topological polar surface area (TPSA) is 57.7 Å². The lowest BCUT2D eigenvalue weighted by molar-refractivity contribution is -0.119. The van der Waals surface area contributed by atoms with Gasteiger partial charge in [-0.25, -0.2) is 4.90 Å². The average Bonchev–Trinajstić information content (AvgIpc) is 3.08. The molecule has 5 nitrogen and oxygen atoms in total. The van der Waals surface area contributed by atoms with Gasteiger partial charge in [-0.05, 0) is 35.9 Å². The number of imide groups is 1. The molecule has 0 spiro atoms. The molecule has 3 amide bonds. The highest BCUT2D eigenvalue weighted by atomic mass is 16.2. The predicted molar refractivity (Wildman–Crippen MR) is 85.0 cm³/mol. The molecule has 0 radical (unpaired) electrons. The Balaban J connectivity index is 1.62. The standard InChI is InChI=1S/C18H12N2O3/c21-16-9-10-17(22)20(16)14-7-5-13(6-8-14)19-11-12-3-1-2-4-15(12)18(19)23/h1-10H,11H2. The summed E-state index contributed by atoms with van der Waals surface area (Å²) >= 11 is 0. The van der Waals surface area contributed by atoms with Crippen molar-refractivity contribution in [2.45, 2.75) is 6.54 Å². The van der Waals surface area contributed by atoms with Crippen molar-refractivity contribution in [2.75, 3.05) is 9.80 Å². The molecule has 23 heavy (non-hydrogen) atoms. The quantitative estimate of drug-likeness (QED) is 0.800.